The smallest absolute Gasteiger partial charge is 0.0798 e. The Balaban J connectivity index is 2.65. The minimum Gasteiger partial charge on any atom is -0.309 e. The van der Waals surface area contributed by atoms with Gasteiger partial charge in [-0.1, -0.05) is 46.5 Å². The van der Waals surface area contributed by atoms with Gasteiger partial charge in [0, 0.05) is 10.9 Å². The summed E-state index contributed by atoms with van der Waals surface area (Å²) in [6.45, 7) is 10.1. The molecule has 2 nitrogen and oxygen atoms in total. The number of hydrogen-bond acceptors (Lipinski definition) is 3. The van der Waals surface area contributed by atoms with Crippen LogP contribution in [0.25, 0.3) is 0 Å². The molecule has 0 bridgehead atoms. The van der Waals surface area contributed by atoms with Crippen LogP contribution in [0, 0.1) is 12.8 Å². The quantitative estimate of drug-likeness (QED) is 0.646. The molecule has 110 valence electrons. The molecule has 0 spiro atoms. The molecule has 1 N–H and O–H groups in total. The SMILES string of the molecule is CCCCC(CC)CC(NCCC)c1scnc1C. The first kappa shape index (κ1) is 16.6. The first-order valence-electron chi connectivity index (χ1n) is 7.86. The summed E-state index contributed by atoms with van der Waals surface area (Å²) in [5, 5.41) is 3.72. The number of nitrogens with zero attached hydrogens (tertiary/aromatic N) is 1. The van der Waals surface area contributed by atoms with E-state index in [2.05, 4.69) is 38.0 Å². The average Bonchev–Trinajstić information content (AvgIpc) is 2.84. The lowest BCUT2D eigenvalue weighted by Gasteiger charge is -2.23. The molecule has 0 aromatic carbocycles. The molecular formula is C16H30N2S. The monoisotopic (exact) mass is 282 g/mol. The van der Waals surface area contributed by atoms with Crippen LogP contribution in [0.2, 0.25) is 0 Å². The zero-order valence-electron chi connectivity index (χ0n) is 13.0. The van der Waals surface area contributed by atoms with E-state index in [1.807, 2.05) is 16.8 Å². The summed E-state index contributed by atoms with van der Waals surface area (Å²) in [5.74, 6) is 0.843. The third-order valence-electron chi connectivity index (χ3n) is 3.85. The average molecular weight is 282 g/mol. The molecular weight excluding hydrogens is 252 g/mol. The number of aromatic nitrogens is 1. The molecule has 0 amide bonds. The second kappa shape index (κ2) is 9.49. The Morgan fingerprint density at radius 1 is 1.26 bits per heavy atom. The summed E-state index contributed by atoms with van der Waals surface area (Å²) < 4.78 is 0. The fourth-order valence-corrected chi connectivity index (χ4v) is 3.45. The van der Waals surface area contributed by atoms with Crippen molar-refractivity contribution in [2.75, 3.05) is 6.54 Å². The highest BCUT2D eigenvalue weighted by atomic mass is 32.1. The van der Waals surface area contributed by atoms with Crippen molar-refractivity contribution in [3.05, 3.63) is 16.1 Å². The molecule has 0 fully saturated rings. The number of nitrogens with one attached hydrogen (secondary N) is 1. The zero-order valence-corrected chi connectivity index (χ0v) is 13.9. The van der Waals surface area contributed by atoms with Gasteiger partial charge < -0.3 is 5.32 Å². The lowest BCUT2D eigenvalue weighted by atomic mass is 9.91. The summed E-state index contributed by atoms with van der Waals surface area (Å²) in [6.07, 6.45) is 7.79. The number of aryl methyl sites for hydroxylation is 1. The van der Waals surface area contributed by atoms with Crippen molar-refractivity contribution in [3.63, 3.8) is 0 Å². The van der Waals surface area contributed by atoms with Crippen molar-refractivity contribution >= 4 is 11.3 Å². The first-order chi connectivity index (χ1) is 9.22. The van der Waals surface area contributed by atoms with E-state index in [1.54, 1.807) is 0 Å². The lowest BCUT2D eigenvalue weighted by Crippen LogP contribution is -2.24. The number of rotatable bonds is 10. The maximum absolute atomic E-state index is 4.42. The van der Waals surface area contributed by atoms with Gasteiger partial charge in [0.15, 0.2) is 0 Å². The fourth-order valence-electron chi connectivity index (χ4n) is 2.56. The van der Waals surface area contributed by atoms with E-state index in [9.17, 15) is 0 Å². The molecule has 0 radical (unpaired) electrons. The van der Waals surface area contributed by atoms with Gasteiger partial charge in [0.25, 0.3) is 0 Å². The normalized spacial score (nSPS) is 14.5. The van der Waals surface area contributed by atoms with Gasteiger partial charge in [0.2, 0.25) is 0 Å². The minimum atomic E-state index is 0.509. The molecule has 19 heavy (non-hydrogen) atoms. The molecule has 0 aliphatic rings. The molecule has 1 rings (SSSR count). The van der Waals surface area contributed by atoms with E-state index < -0.39 is 0 Å². The Labute approximate surface area is 123 Å². The van der Waals surface area contributed by atoms with Gasteiger partial charge in [0.05, 0.1) is 11.2 Å². The van der Waals surface area contributed by atoms with Crippen LogP contribution in [0.4, 0.5) is 0 Å². The van der Waals surface area contributed by atoms with Gasteiger partial charge in [0.1, 0.15) is 0 Å². The summed E-state index contributed by atoms with van der Waals surface area (Å²) >= 11 is 1.81. The largest absolute Gasteiger partial charge is 0.309 e. The van der Waals surface area contributed by atoms with Crippen molar-refractivity contribution in [3.8, 4) is 0 Å². The van der Waals surface area contributed by atoms with Crippen LogP contribution >= 0.6 is 11.3 Å². The van der Waals surface area contributed by atoms with E-state index in [4.69, 9.17) is 0 Å². The fraction of sp³-hybridized carbons (Fsp3) is 0.812. The van der Waals surface area contributed by atoms with E-state index >= 15 is 0 Å². The number of thiazole rings is 1. The van der Waals surface area contributed by atoms with Gasteiger partial charge in [-0.25, -0.2) is 4.98 Å². The Hall–Kier alpha value is -0.410. The van der Waals surface area contributed by atoms with Crippen LogP contribution in [-0.2, 0) is 0 Å². The molecule has 0 saturated carbocycles. The first-order valence-corrected chi connectivity index (χ1v) is 8.74. The highest BCUT2D eigenvalue weighted by molar-refractivity contribution is 7.09. The molecule has 1 heterocycles. The predicted molar refractivity (Wildman–Crippen MR) is 85.8 cm³/mol. The van der Waals surface area contributed by atoms with Crippen LogP contribution in [0.15, 0.2) is 5.51 Å². The van der Waals surface area contributed by atoms with Gasteiger partial charge in [-0.05, 0) is 32.2 Å². The van der Waals surface area contributed by atoms with E-state index in [0.717, 1.165) is 12.5 Å². The molecule has 3 heteroatoms. The Bertz CT molecular complexity index is 335. The highest BCUT2D eigenvalue weighted by Gasteiger charge is 2.19. The van der Waals surface area contributed by atoms with Crippen LogP contribution in [0.5, 0.6) is 0 Å². The van der Waals surface area contributed by atoms with E-state index in [1.165, 1.54) is 49.1 Å². The summed E-state index contributed by atoms with van der Waals surface area (Å²) in [4.78, 5) is 5.87. The minimum absolute atomic E-state index is 0.509. The van der Waals surface area contributed by atoms with E-state index in [0.29, 0.717) is 6.04 Å². The standard InChI is InChI=1S/C16H30N2S/c1-5-8-9-14(7-3)11-15(17-10-6-2)16-13(4)18-12-19-16/h12,14-15,17H,5-11H2,1-4H3. The maximum Gasteiger partial charge on any atom is 0.0798 e. The van der Waals surface area contributed by atoms with Gasteiger partial charge in [-0.15, -0.1) is 11.3 Å². The number of unbranched alkanes of at least 4 members (excludes halogenated alkanes) is 1. The van der Waals surface area contributed by atoms with Gasteiger partial charge in [-0.2, -0.15) is 0 Å². The summed E-state index contributed by atoms with van der Waals surface area (Å²) in [5.41, 5.74) is 3.20. The highest BCUT2D eigenvalue weighted by Crippen LogP contribution is 2.30. The third-order valence-corrected chi connectivity index (χ3v) is 4.90. The Morgan fingerprint density at radius 3 is 2.58 bits per heavy atom. The van der Waals surface area contributed by atoms with Crippen molar-refractivity contribution in [1.29, 1.82) is 0 Å². The second-order valence-corrected chi connectivity index (χ2v) is 6.35. The lowest BCUT2D eigenvalue weighted by molar-refractivity contribution is 0.355. The molecule has 0 aliphatic heterocycles. The van der Waals surface area contributed by atoms with Gasteiger partial charge >= 0.3 is 0 Å². The molecule has 0 aliphatic carbocycles. The summed E-state index contributed by atoms with van der Waals surface area (Å²) in [7, 11) is 0. The van der Waals surface area contributed by atoms with Crippen LogP contribution in [0.3, 0.4) is 0 Å². The van der Waals surface area contributed by atoms with Crippen LogP contribution in [0.1, 0.15) is 75.9 Å². The van der Waals surface area contributed by atoms with E-state index in [-0.39, 0.29) is 0 Å². The third kappa shape index (κ3) is 5.62. The van der Waals surface area contributed by atoms with Crippen molar-refractivity contribution < 1.29 is 0 Å². The van der Waals surface area contributed by atoms with Crippen LogP contribution < -0.4 is 5.32 Å². The zero-order chi connectivity index (χ0) is 14.1. The Kier molecular flexibility index (Phi) is 8.31. The van der Waals surface area contributed by atoms with Crippen molar-refractivity contribution in [1.82, 2.24) is 10.3 Å². The topological polar surface area (TPSA) is 24.9 Å². The Morgan fingerprint density at radius 2 is 2.05 bits per heavy atom. The summed E-state index contributed by atoms with van der Waals surface area (Å²) in [6, 6.07) is 0.509. The maximum atomic E-state index is 4.42. The van der Waals surface area contributed by atoms with Crippen molar-refractivity contribution in [2.45, 2.75) is 72.3 Å². The number of hydrogen-bond donors (Lipinski definition) is 1. The molecule has 1 aromatic heterocycles. The van der Waals surface area contributed by atoms with Crippen molar-refractivity contribution in [2.24, 2.45) is 5.92 Å². The second-order valence-electron chi connectivity index (χ2n) is 5.46. The molecule has 1 aromatic rings. The molecule has 2 unspecified atom stereocenters. The van der Waals surface area contributed by atoms with Gasteiger partial charge in [-0.3, -0.25) is 0 Å². The van der Waals surface area contributed by atoms with Crippen LogP contribution in [-0.4, -0.2) is 11.5 Å². The predicted octanol–water partition coefficient (Wildman–Crippen LogP) is 5.10. The molecule has 0 saturated heterocycles. The molecule has 2 atom stereocenters.